The zero-order valence-corrected chi connectivity index (χ0v) is 12.5. The van der Waals surface area contributed by atoms with Crippen LogP contribution in [0.1, 0.15) is 12.5 Å². The summed E-state index contributed by atoms with van der Waals surface area (Å²) in [6, 6.07) is -0.377. The Balaban J connectivity index is 1.85. The first-order chi connectivity index (χ1) is 9.99. The number of nitrogen functional groups attached to an aromatic ring is 1. The lowest BCUT2D eigenvalue weighted by Gasteiger charge is -2.23. The highest BCUT2D eigenvalue weighted by Crippen LogP contribution is 2.67. The van der Waals surface area contributed by atoms with Crippen LogP contribution in [0.2, 0.25) is 0 Å². The predicted octanol–water partition coefficient (Wildman–Crippen LogP) is -0.554. The lowest BCUT2D eigenvalue weighted by Crippen LogP contribution is -2.35. The van der Waals surface area contributed by atoms with Gasteiger partial charge in [-0.25, -0.2) is 15.0 Å². The highest BCUT2D eigenvalue weighted by Gasteiger charge is 2.71. The van der Waals surface area contributed by atoms with Crippen LogP contribution in [0.5, 0.6) is 0 Å². The molecule has 5 atom stereocenters. The lowest BCUT2D eigenvalue weighted by atomic mass is 10.0. The summed E-state index contributed by atoms with van der Waals surface area (Å²) in [6.07, 6.45) is 0.309. The van der Waals surface area contributed by atoms with Crippen molar-refractivity contribution in [1.29, 1.82) is 0 Å². The Kier molecular flexibility index (Phi) is 2.63. The molecule has 2 aromatic rings. The number of nitrogens with two attached hydrogens (primary N) is 1. The van der Waals surface area contributed by atoms with Gasteiger partial charge in [-0.05, 0) is 28.3 Å². The molecule has 2 aliphatic carbocycles. The summed E-state index contributed by atoms with van der Waals surface area (Å²) in [5.74, 6) is 0.253. The highest BCUT2D eigenvalue weighted by atomic mass is 79.9. The molecule has 2 heterocycles. The second-order valence-electron chi connectivity index (χ2n) is 5.83. The quantitative estimate of drug-likeness (QED) is 0.531. The molecular formula is C12H14BrN5O3. The maximum atomic E-state index is 10.3. The maximum Gasteiger partial charge on any atom is 0.200 e. The van der Waals surface area contributed by atoms with Crippen molar-refractivity contribution in [2.24, 2.45) is 11.3 Å². The summed E-state index contributed by atoms with van der Waals surface area (Å²) in [5.41, 5.74) is 6.18. The molecule has 0 aromatic carbocycles. The van der Waals surface area contributed by atoms with E-state index in [0.717, 1.165) is 0 Å². The van der Waals surface area contributed by atoms with Crippen LogP contribution in [0.4, 0.5) is 5.82 Å². The number of nitrogens with zero attached hydrogens (tertiary/aromatic N) is 4. The average molecular weight is 356 g/mol. The number of aliphatic hydroxyl groups is 3. The molecule has 2 aromatic heterocycles. The number of halogens is 1. The Morgan fingerprint density at radius 2 is 2.19 bits per heavy atom. The van der Waals surface area contributed by atoms with Gasteiger partial charge in [-0.2, -0.15) is 0 Å². The van der Waals surface area contributed by atoms with Crippen molar-refractivity contribution in [3.63, 3.8) is 0 Å². The third kappa shape index (κ3) is 1.57. The van der Waals surface area contributed by atoms with E-state index in [0.29, 0.717) is 22.3 Å². The molecule has 0 saturated heterocycles. The van der Waals surface area contributed by atoms with E-state index in [2.05, 4.69) is 30.9 Å². The molecule has 1 unspecified atom stereocenters. The van der Waals surface area contributed by atoms with E-state index < -0.39 is 17.6 Å². The summed E-state index contributed by atoms with van der Waals surface area (Å²) in [6.45, 7) is -0.139. The Morgan fingerprint density at radius 1 is 1.43 bits per heavy atom. The number of imidazole rings is 1. The largest absolute Gasteiger partial charge is 0.396 e. The van der Waals surface area contributed by atoms with Crippen LogP contribution in [0.3, 0.4) is 0 Å². The number of rotatable bonds is 2. The monoisotopic (exact) mass is 355 g/mol. The Labute approximate surface area is 127 Å². The Morgan fingerprint density at radius 3 is 2.86 bits per heavy atom. The highest BCUT2D eigenvalue weighted by molar-refractivity contribution is 9.10. The van der Waals surface area contributed by atoms with Gasteiger partial charge >= 0.3 is 0 Å². The number of hydrogen-bond donors (Lipinski definition) is 4. The van der Waals surface area contributed by atoms with Crippen LogP contribution >= 0.6 is 15.9 Å². The fourth-order valence-electron chi connectivity index (χ4n) is 3.68. The first-order valence-electron chi connectivity index (χ1n) is 6.62. The minimum Gasteiger partial charge on any atom is -0.396 e. The third-order valence-corrected chi connectivity index (χ3v) is 5.24. The molecule has 0 aliphatic heterocycles. The van der Waals surface area contributed by atoms with Crippen molar-refractivity contribution >= 4 is 32.9 Å². The molecule has 2 aliphatic rings. The Bertz CT molecular complexity index is 737. The van der Waals surface area contributed by atoms with E-state index in [4.69, 9.17) is 5.73 Å². The van der Waals surface area contributed by atoms with Crippen LogP contribution in [0, 0.1) is 11.3 Å². The summed E-state index contributed by atoms with van der Waals surface area (Å²) in [5, 5.41) is 30.0. The van der Waals surface area contributed by atoms with E-state index in [-0.39, 0.29) is 24.4 Å². The number of aromatic nitrogens is 4. The van der Waals surface area contributed by atoms with Gasteiger partial charge in [-0.15, -0.1) is 0 Å². The molecule has 2 saturated carbocycles. The Hall–Kier alpha value is -1.29. The van der Waals surface area contributed by atoms with Crippen LogP contribution in [-0.2, 0) is 0 Å². The van der Waals surface area contributed by atoms with Gasteiger partial charge in [0.2, 0.25) is 4.73 Å². The molecule has 9 heteroatoms. The zero-order chi connectivity index (χ0) is 14.9. The molecular weight excluding hydrogens is 342 g/mol. The predicted molar refractivity (Wildman–Crippen MR) is 76.1 cm³/mol. The van der Waals surface area contributed by atoms with Gasteiger partial charge in [-0.1, -0.05) is 0 Å². The molecule has 21 heavy (non-hydrogen) atoms. The zero-order valence-electron chi connectivity index (χ0n) is 10.9. The normalized spacial score (nSPS) is 37.9. The van der Waals surface area contributed by atoms with Crippen molar-refractivity contribution in [3.8, 4) is 0 Å². The topological polar surface area (TPSA) is 130 Å². The summed E-state index contributed by atoms with van der Waals surface area (Å²) in [4.78, 5) is 12.5. The van der Waals surface area contributed by atoms with Gasteiger partial charge in [0.15, 0.2) is 11.5 Å². The number of anilines is 1. The van der Waals surface area contributed by atoms with Crippen LogP contribution in [0.25, 0.3) is 11.2 Å². The van der Waals surface area contributed by atoms with Crippen molar-refractivity contribution < 1.29 is 15.3 Å². The van der Waals surface area contributed by atoms with Gasteiger partial charge in [0.25, 0.3) is 0 Å². The van der Waals surface area contributed by atoms with Gasteiger partial charge < -0.3 is 25.6 Å². The smallest absolute Gasteiger partial charge is 0.200 e. The summed E-state index contributed by atoms with van der Waals surface area (Å²) >= 11 is 3.19. The molecule has 0 radical (unpaired) electrons. The fraction of sp³-hybridized carbons (Fsp3) is 0.583. The van der Waals surface area contributed by atoms with E-state index in [1.165, 1.54) is 0 Å². The van der Waals surface area contributed by atoms with E-state index >= 15 is 0 Å². The average Bonchev–Trinajstić information content (AvgIpc) is 2.97. The second kappa shape index (κ2) is 4.13. The van der Waals surface area contributed by atoms with Gasteiger partial charge in [0, 0.05) is 5.41 Å². The molecule has 112 valence electrons. The lowest BCUT2D eigenvalue weighted by molar-refractivity contribution is -0.0300. The number of fused-ring (bicyclic) bond motifs is 2. The molecule has 4 rings (SSSR count). The standard InChI is InChI=1S/C12H14BrN5O3/c13-11-16-9(14)5-10(17-11)18(3-15-5)6-4-1-12(4,2-19)8(21)7(6)20/h3-4,6-8,19-21H,1-2H2,(H2,14,16,17)/t4-,6-,7-,8?,12+/m1/s1. The van der Waals surface area contributed by atoms with Crippen molar-refractivity contribution in [1.82, 2.24) is 19.5 Å². The molecule has 0 bridgehead atoms. The minimum absolute atomic E-state index is 0.000125. The fourth-order valence-corrected chi connectivity index (χ4v) is 4.04. The van der Waals surface area contributed by atoms with Crippen molar-refractivity contribution in [3.05, 3.63) is 11.1 Å². The summed E-state index contributed by atoms with van der Waals surface area (Å²) in [7, 11) is 0. The molecule has 8 nitrogen and oxygen atoms in total. The maximum absolute atomic E-state index is 10.3. The number of hydrogen-bond acceptors (Lipinski definition) is 7. The third-order valence-electron chi connectivity index (χ3n) is 4.89. The molecule has 2 fully saturated rings. The van der Waals surface area contributed by atoms with Gasteiger partial charge in [0.1, 0.15) is 11.6 Å². The van der Waals surface area contributed by atoms with Crippen molar-refractivity contribution in [2.75, 3.05) is 12.3 Å². The van der Waals surface area contributed by atoms with Gasteiger partial charge in [-0.3, -0.25) is 0 Å². The van der Waals surface area contributed by atoms with Crippen LogP contribution in [0.15, 0.2) is 11.1 Å². The SMILES string of the molecule is Nc1nc(Br)nc2c1ncn2[C@@H]1[C@H]2C[C@@]2(CO)C(O)[C@@H]1O. The molecule has 5 N–H and O–H groups in total. The van der Waals surface area contributed by atoms with Crippen molar-refractivity contribution in [2.45, 2.75) is 24.7 Å². The first-order valence-corrected chi connectivity index (χ1v) is 7.41. The van der Waals surface area contributed by atoms with E-state index in [1.807, 2.05) is 0 Å². The molecule has 0 amide bonds. The first kappa shape index (κ1) is 13.4. The number of aliphatic hydroxyl groups excluding tert-OH is 3. The van der Waals surface area contributed by atoms with Gasteiger partial charge in [0.05, 0.1) is 25.1 Å². The minimum atomic E-state index is -0.969. The van der Waals surface area contributed by atoms with Crippen LogP contribution in [-0.4, -0.2) is 53.7 Å². The molecule has 0 spiro atoms. The second-order valence-corrected chi connectivity index (χ2v) is 6.54. The van der Waals surface area contributed by atoms with E-state index in [1.54, 1.807) is 10.9 Å². The van der Waals surface area contributed by atoms with Crippen LogP contribution < -0.4 is 5.73 Å². The summed E-state index contributed by atoms with van der Waals surface area (Å²) < 4.78 is 2.06. The van der Waals surface area contributed by atoms with E-state index in [9.17, 15) is 15.3 Å².